The van der Waals surface area contributed by atoms with Gasteiger partial charge in [-0.25, -0.2) is 4.98 Å². The van der Waals surface area contributed by atoms with Gasteiger partial charge in [0, 0.05) is 0 Å². The zero-order chi connectivity index (χ0) is 13.1. The molecule has 0 radical (unpaired) electrons. The summed E-state index contributed by atoms with van der Waals surface area (Å²) in [4.78, 5) is 17.4. The summed E-state index contributed by atoms with van der Waals surface area (Å²) in [5.74, 6) is 0.112. The third-order valence-electron chi connectivity index (χ3n) is 1.99. The van der Waals surface area contributed by atoms with Crippen LogP contribution < -0.4 is 10.5 Å². The monoisotopic (exact) mass is 310 g/mol. The Morgan fingerprint density at radius 1 is 1.39 bits per heavy atom. The molecule has 0 saturated carbocycles. The number of nitro groups is 1. The number of nitrogens with two attached hydrogens (primary N) is 1. The van der Waals surface area contributed by atoms with Gasteiger partial charge >= 0.3 is 11.6 Å². The van der Waals surface area contributed by atoms with E-state index in [1.807, 2.05) is 0 Å². The number of anilines is 1. The Kier molecular flexibility index (Phi) is 3.38. The molecule has 1 heterocycles. The van der Waals surface area contributed by atoms with Crippen LogP contribution in [0.25, 0.3) is 0 Å². The van der Waals surface area contributed by atoms with Crippen molar-refractivity contribution >= 4 is 27.6 Å². The molecular weight excluding hydrogens is 304 g/mol. The summed E-state index contributed by atoms with van der Waals surface area (Å²) in [5.41, 5.74) is 5.04. The number of nitrogen functional groups attached to an aromatic ring is 1. The summed E-state index contributed by atoms with van der Waals surface area (Å²) < 4.78 is 6.01. The number of aromatic nitrogens is 2. The molecule has 18 heavy (non-hydrogen) atoms. The van der Waals surface area contributed by atoms with E-state index in [9.17, 15) is 10.1 Å². The van der Waals surface area contributed by atoms with Gasteiger partial charge in [0.2, 0.25) is 5.95 Å². The number of hydrogen-bond donors (Lipinski definition) is 1. The topological polar surface area (TPSA) is 104 Å². The van der Waals surface area contributed by atoms with Gasteiger partial charge in [-0.2, -0.15) is 4.98 Å². The number of hydrogen-bond acceptors (Lipinski definition) is 6. The first-order chi connectivity index (χ1) is 8.58. The smallest absolute Gasteiger partial charge is 0.349 e. The summed E-state index contributed by atoms with van der Waals surface area (Å²) in [7, 11) is 0. The number of ether oxygens (including phenoxy) is 1. The Hall–Kier alpha value is -2.22. The Labute approximate surface area is 110 Å². The lowest BCUT2D eigenvalue weighted by atomic mass is 10.3. The second kappa shape index (κ2) is 4.96. The number of rotatable bonds is 3. The zero-order valence-corrected chi connectivity index (χ0v) is 10.5. The lowest BCUT2D eigenvalue weighted by Gasteiger charge is -2.06. The van der Waals surface area contributed by atoms with Crippen LogP contribution in [0.3, 0.4) is 0 Å². The Bertz CT molecular complexity index is 605. The van der Waals surface area contributed by atoms with E-state index in [1.54, 1.807) is 24.3 Å². The third-order valence-corrected chi connectivity index (χ3v) is 2.65. The maximum Gasteiger partial charge on any atom is 0.349 e. The minimum Gasteiger partial charge on any atom is -0.432 e. The van der Waals surface area contributed by atoms with Gasteiger partial charge in [-0.15, -0.1) is 0 Å². The molecule has 0 bridgehead atoms. The normalized spacial score (nSPS) is 10.1. The summed E-state index contributed by atoms with van der Waals surface area (Å²) >= 11 is 3.26. The fraction of sp³-hybridized carbons (Fsp3) is 0. The van der Waals surface area contributed by atoms with Gasteiger partial charge in [-0.1, -0.05) is 12.1 Å². The lowest BCUT2D eigenvalue weighted by Crippen LogP contribution is -2.01. The van der Waals surface area contributed by atoms with E-state index in [-0.39, 0.29) is 17.5 Å². The van der Waals surface area contributed by atoms with E-state index < -0.39 is 4.92 Å². The molecule has 0 aliphatic carbocycles. The van der Waals surface area contributed by atoms with Crippen LogP contribution in [0.1, 0.15) is 0 Å². The fourth-order valence-corrected chi connectivity index (χ4v) is 1.57. The van der Waals surface area contributed by atoms with E-state index in [0.717, 1.165) is 6.20 Å². The molecule has 8 heteroatoms. The molecule has 7 nitrogen and oxygen atoms in total. The van der Waals surface area contributed by atoms with Gasteiger partial charge in [0.1, 0.15) is 11.9 Å². The standard InChI is InChI=1S/C10H7BrN4O3/c11-6-3-1-2-4-8(6)18-9-7(15(16)17)5-13-10(12)14-9/h1-5H,(H2,12,13,14). The number of halogens is 1. The Balaban J connectivity index is 2.42. The summed E-state index contributed by atoms with van der Waals surface area (Å²) in [6.45, 7) is 0. The van der Waals surface area contributed by atoms with Crippen LogP contribution >= 0.6 is 15.9 Å². The van der Waals surface area contributed by atoms with Crippen molar-refractivity contribution in [2.45, 2.75) is 0 Å². The van der Waals surface area contributed by atoms with Gasteiger partial charge < -0.3 is 10.5 Å². The van der Waals surface area contributed by atoms with Crippen molar-refractivity contribution in [2.75, 3.05) is 5.73 Å². The highest BCUT2D eigenvalue weighted by atomic mass is 79.9. The van der Waals surface area contributed by atoms with Crippen LogP contribution in [0, 0.1) is 10.1 Å². The van der Waals surface area contributed by atoms with E-state index in [2.05, 4.69) is 25.9 Å². The van der Waals surface area contributed by atoms with Crippen molar-refractivity contribution in [1.29, 1.82) is 0 Å². The largest absolute Gasteiger partial charge is 0.432 e. The first-order valence-corrected chi connectivity index (χ1v) is 5.56. The molecule has 0 atom stereocenters. The molecule has 0 aliphatic rings. The highest BCUT2D eigenvalue weighted by molar-refractivity contribution is 9.10. The van der Waals surface area contributed by atoms with E-state index in [1.165, 1.54) is 0 Å². The quantitative estimate of drug-likeness (QED) is 0.690. The number of nitrogens with zero attached hydrogens (tertiary/aromatic N) is 3. The van der Waals surface area contributed by atoms with Crippen LogP contribution in [-0.4, -0.2) is 14.9 Å². The molecule has 92 valence electrons. The van der Waals surface area contributed by atoms with Gasteiger partial charge in [0.25, 0.3) is 0 Å². The van der Waals surface area contributed by atoms with Crippen LogP contribution in [0.2, 0.25) is 0 Å². The molecule has 2 aromatic rings. The van der Waals surface area contributed by atoms with Crippen molar-refractivity contribution in [2.24, 2.45) is 0 Å². The van der Waals surface area contributed by atoms with Crippen molar-refractivity contribution < 1.29 is 9.66 Å². The molecule has 1 aromatic heterocycles. The van der Waals surface area contributed by atoms with Crippen molar-refractivity contribution in [1.82, 2.24) is 9.97 Å². The average molecular weight is 311 g/mol. The van der Waals surface area contributed by atoms with Crippen molar-refractivity contribution in [3.05, 3.63) is 45.0 Å². The molecule has 0 spiro atoms. The van der Waals surface area contributed by atoms with Crippen LogP contribution in [-0.2, 0) is 0 Å². The van der Waals surface area contributed by atoms with Gasteiger partial charge in [-0.3, -0.25) is 10.1 Å². The Morgan fingerprint density at radius 2 is 2.11 bits per heavy atom. The van der Waals surface area contributed by atoms with E-state index >= 15 is 0 Å². The fourth-order valence-electron chi connectivity index (χ4n) is 1.20. The van der Waals surface area contributed by atoms with Gasteiger partial charge in [0.15, 0.2) is 0 Å². The second-order valence-electron chi connectivity index (χ2n) is 3.21. The van der Waals surface area contributed by atoms with Gasteiger partial charge in [-0.05, 0) is 28.1 Å². The molecule has 0 amide bonds. The highest BCUT2D eigenvalue weighted by Gasteiger charge is 2.19. The van der Waals surface area contributed by atoms with Crippen LogP contribution in [0.5, 0.6) is 11.6 Å². The molecule has 0 fully saturated rings. The van der Waals surface area contributed by atoms with E-state index in [4.69, 9.17) is 10.5 Å². The first-order valence-electron chi connectivity index (χ1n) is 4.77. The molecular formula is C10H7BrN4O3. The SMILES string of the molecule is Nc1ncc([N+](=O)[O-])c(Oc2ccccc2Br)n1. The second-order valence-corrected chi connectivity index (χ2v) is 4.06. The van der Waals surface area contributed by atoms with Crippen LogP contribution in [0.4, 0.5) is 11.6 Å². The maximum absolute atomic E-state index is 10.8. The number of benzene rings is 1. The lowest BCUT2D eigenvalue weighted by molar-refractivity contribution is -0.386. The van der Waals surface area contributed by atoms with Crippen molar-refractivity contribution in [3.8, 4) is 11.6 Å². The number of para-hydroxylation sites is 1. The highest BCUT2D eigenvalue weighted by Crippen LogP contribution is 2.32. The molecule has 0 saturated heterocycles. The predicted octanol–water partition coefficient (Wildman–Crippen LogP) is 2.52. The van der Waals surface area contributed by atoms with Gasteiger partial charge in [0.05, 0.1) is 9.40 Å². The Morgan fingerprint density at radius 3 is 2.78 bits per heavy atom. The van der Waals surface area contributed by atoms with Crippen molar-refractivity contribution in [3.63, 3.8) is 0 Å². The average Bonchev–Trinajstić information content (AvgIpc) is 2.32. The summed E-state index contributed by atoms with van der Waals surface area (Å²) in [5, 5.41) is 10.8. The third kappa shape index (κ3) is 2.54. The van der Waals surface area contributed by atoms with Crippen LogP contribution in [0.15, 0.2) is 34.9 Å². The molecule has 2 rings (SSSR count). The molecule has 2 N–H and O–H groups in total. The molecule has 1 aromatic carbocycles. The molecule has 0 aliphatic heterocycles. The zero-order valence-electron chi connectivity index (χ0n) is 8.91. The minimum atomic E-state index is -0.633. The first kappa shape index (κ1) is 12.2. The summed E-state index contributed by atoms with van der Waals surface area (Å²) in [6.07, 6.45) is 1.01. The predicted molar refractivity (Wildman–Crippen MR) is 67.3 cm³/mol. The molecule has 0 unspecified atom stereocenters. The summed E-state index contributed by atoms with van der Waals surface area (Å²) in [6, 6.07) is 6.91. The maximum atomic E-state index is 10.8. The minimum absolute atomic E-state index is 0.0948. The van der Waals surface area contributed by atoms with E-state index in [0.29, 0.717) is 10.2 Å².